The van der Waals surface area contributed by atoms with Gasteiger partial charge in [-0.2, -0.15) is 0 Å². The molecular formula is C12H26O4. The summed E-state index contributed by atoms with van der Waals surface area (Å²) in [6.07, 6.45) is 4.46. The van der Waals surface area contributed by atoms with Gasteiger partial charge in [0.1, 0.15) is 0 Å². The van der Waals surface area contributed by atoms with Gasteiger partial charge in [-0.1, -0.05) is 26.2 Å². The van der Waals surface area contributed by atoms with Gasteiger partial charge in [-0.15, -0.1) is 0 Å². The number of aliphatic hydroxyl groups is 1. The summed E-state index contributed by atoms with van der Waals surface area (Å²) in [7, 11) is 0. The lowest BCUT2D eigenvalue weighted by molar-refractivity contribution is -0.171. The van der Waals surface area contributed by atoms with E-state index in [-0.39, 0.29) is 12.9 Å². The van der Waals surface area contributed by atoms with Gasteiger partial charge in [0.15, 0.2) is 6.29 Å². The van der Waals surface area contributed by atoms with Crippen LogP contribution in [0.15, 0.2) is 0 Å². The minimum absolute atomic E-state index is 0.0370. The van der Waals surface area contributed by atoms with Crippen LogP contribution in [0.4, 0.5) is 0 Å². The van der Waals surface area contributed by atoms with E-state index in [1.54, 1.807) is 0 Å². The Morgan fingerprint density at radius 2 is 1.81 bits per heavy atom. The first-order valence-electron chi connectivity index (χ1n) is 6.26. The predicted octanol–water partition coefficient (Wildman–Crippen LogP) is 1.95. The Balaban J connectivity index is 3.43. The molecule has 0 heterocycles. The Hall–Kier alpha value is -0.160. The summed E-state index contributed by atoms with van der Waals surface area (Å²) in [5, 5.41) is 8.58. The number of aliphatic hydroxyl groups excluding tert-OH is 1. The van der Waals surface area contributed by atoms with E-state index in [1.807, 2.05) is 6.92 Å². The summed E-state index contributed by atoms with van der Waals surface area (Å²) in [6.45, 7) is 6.21. The zero-order valence-corrected chi connectivity index (χ0v) is 10.6. The lowest BCUT2D eigenvalue weighted by Gasteiger charge is -2.17. The van der Waals surface area contributed by atoms with Crippen molar-refractivity contribution in [1.29, 1.82) is 0 Å². The van der Waals surface area contributed by atoms with Gasteiger partial charge in [0.05, 0.1) is 19.8 Å². The summed E-state index contributed by atoms with van der Waals surface area (Å²) >= 11 is 0. The Kier molecular flexibility index (Phi) is 12.8. The molecular weight excluding hydrogens is 208 g/mol. The molecule has 0 aliphatic rings. The minimum Gasteiger partial charge on any atom is -0.394 e. The Labute approximate surface area is 98.9 Å². The molecule has 0 aromatic carbocycles. The molecule has 4 nitrogen and oxygen atoms in total. The highest BCUT2D eigenvalue weighted by Crippen LogP contribution is 2.02. The highest BCUT2D eigenvalue weighted by Gasteiger charge is 2.08. The largest absolute Gasteiger partial charge is 0.394 e. The second-order valence-corrected chi connectivity index (χ2v) is 3.61. The Morgan fingerprint density at radius 3 is 2.44 bits per heavy atom. The Morgan fingerprint density at radius 1 is 1.00 bits per heavy atom. The van der Waals surface area contributed by atoms with E-state index in [0.29, 0.717) is 26.4 Å². The van der Waals surface area contributed by atoms with E-state index in [9.17, 15) is 0 Å². The molecule has 0 saturated carbocycles. The van der Waals surface area contributed by atoms with Crippen LogP contribution in [0.3, 0.4) is 0 Å². The molecule has 0 saturated heterocycles. The summed E-state index contributed by atoms with van der Waals surface area (Å²) in [5.41, 5.74) is 0. The van der Waals surface area contributed by atoms with Crippen molar-refractivity contribution in [3.8, 4) is 0 Å². The molecule has 0 aromatic heterocycles. The van der Waals surface area contributed by atoms with Crippen LogP contribution >= 0.6 is 0 Å². The average Bonchev–Trinajstić information content (AvgIpc) is 2.29. The van der Waals surface area contributed by atoms with Gasteiger partial charge in [0, 0.05) is 13.2 Å². The van der Waals surface area contributed by atoms with Crippen LogP contribution in [0.2, 0.25) is 0 Å². The van der Waals surface area contributed by atoms with Crippen molar-refractivity contribution in [2.24, 2.45) is 0 Å². The highest BCUT2D eigenvalue weighted by atomic mass is 16.7. The lowest BCUT2D eigenvalue weighted by Crippen LogP contribution is -2.24. The van der Waals surface area contributed by atoms with Crippen LogP contribution < -0.4 is 0 Å². The van der Waals surface area contributed by atoms with Crippen LogP contribution in [-0.4, -0.2) is 44.4 Å². The third-order valence-electron chi connectivity index (χ3n) is 2.14. The van der Waals surface area contributed by atoms with Crippen LogP contribution in [-0.2, 0) is 14.2 Å². The Bertz CT molecular complexity index is 130. The first kappa shape index (κ1) is 15.8. The van der Waals surface area contributed by atoms with Gasteiger partial charge < -0.3 is 19.3 Å². The van der Waals surface area contributed by atoms with E-state index in [1.165, 1.54) is 19.3 Å². The van der Waals surface area contributed by atoms with Crippen molar-refractivity contribution in [3.05, 3.63) is 0 Å². The maximum atomic E-state index is 8.58. The second-order valence-electron chi connectivity index (χ2n) is 3.61. The van der Waals surface area contributed by atoms with Crippen molar-refractivity contribution in [2.75, 3.05) is 33.0 Å². The summed E-state index contributed by atoms with van der Waals surface area (Å²) < 4.78 is 16.1. The van der Waals surface area contributed by atoms with E-state index in [4.69, 9.17) is 19.3 Å². The number of hydrogen-bond acceptors (Lipinski definition) is 4. The van der Waals surface area contributed by atoms with E-state index >= 15 is 0 Å². The molecule has 1 atom stereocenters. The maximum absolute atomic E-state index is 8.58. The van der Waals surface area contributed by atoms with Crippen LogP contribution in [0.1, 0.15) is 39.5 Å². The molecule has 16 heavy (non-hydrogen) atoms. The normalized spacial score (nSPS) is 12.9. The van der Waals surface area contributed by atoms with E-state index in [2.05, 4.69) is 6.92 Å². The summed E-state index contributed by atoms with van der Waals surface area (Å²) in [4.78, 5) is 0. The van der Waals surface area contributed by atoms with Crippen molar-refractivity contribution in [2.45, 2.75) is 45.8 Å². The fourth-order valence-electron chi connectivity index (χ4n) is 1.32. The zero-order valence-electron chi connectivity index (χ0n) is 10.6. The molecule has 0 aliphatic heterocycles. The van der Waals surface area contributed by atoms with Gasteiger partial charge in [-0.05, 0) is 13.3 Å². The van der Waals surface area contributed by atoms with Crippen molar-refractivity contribution >= 4 is 0 Å². The van der Waals surface area contributed by atoms with Crippen LogP contribution in [0.25, 0.3) is 0 Å². The molecule has 0 fully saturated rings. The van der Waals surface area contributed by atoms with E-state index in [0.717, 1.165) is 6.42 Å². The van der Waals surface area contributed by atoms with Crippen LogP contribution in [0, 0.1) is 0 Å². The molecule has 1 N–H and O–H groups in total. The minimum atomic E-state index is -0.293. The molecule has 0 aliphatic carbocycles. The van der Waals surface area contributed by atoms with Crippen molar-refractivity contribution < 1.29 is 19.3 Å². The third kappa shape index (κ3) is 10.4. The zero-order chi connectivity index (χ0) is 12.1. The quantitative estimate of drug-likeness (QED) is 0.414. The molecule has 98 valence electrons. The molecule has 0 radical (unpaired) electrons. The highest BCUT2D eigenvalue weighted by molar-refractivity contribution is 4.45. The SMILES string of the molecule is CCCCCCOC(COCCO)OCC. The van der Waals surface area contributed by atoms with Gasteiger partial charge >= 0.3 is 0 Å². The topological polar surface area (TPSA) is 47.9 Å². The molecule has 4 heteroatoms. The average molecular weight is 234 g/mol. The fraction of sp³-hybridized carbons (Fsp3) is 1.00. The molecule has 0 amide bonds. The summed E-state index contributed by atoms with van der Waals surface area (Å²) in [5.74, 6) is 0. The maximum Gasteiger partial charge on any atom is 0.180 e. The second kappa shape index (κ2) is 12.9. The summed E-state index contributed by atoms with van der Waals surface area (Å²) in [6, 6.07) is 0. The van der Waals surface area contributed by atoms with E-state index < -0.39 is 0 Å². The first-order chi connectivity index (χ1) is 7.85. The van der Waals surface area contributed by atoms with Crippen molar-refractivity contribution in [3.63, 3.8) is 0 Å². The standard InChI is InChI=1S/C12H26O4/c1-3-5-6-7-9-16-12(15-4-2)11-14-10-8-13/h12-13H,3-11H2,1-2H3. The molecule has 0 rings (SSSR count). The number of ether oxygens (including phenoxy) is 3. The lowest BCUT2D eigenvalue weighted by atomic mass is 10.2. The third-order valence-corrected chi connectivity index (χ3v) is 2.14. The fourth-order valence-corrected chi connectivity index (χ4v) is 1.32. The molecule has 1 unspecified atom stereocenters. The van der Waals surface area contributed by atoms with Gasteiger partial charge in [0.25, 0.3) is 0 Å². The molecule has 0 aromatic rings. The number of rotatable bonds is 12. The van der Waals surface area contributed by atoms with Crippen molar-refractivity contribution in [1.82, 2.24) is 0 Å². The number of hydrogen-bond donors (Lipinski definition) is 1. The van der Waals surface area contributed by atoms with Gasteiger partial charge in [0.2, 0.25) is 0 Å². The first-order valence-corrected chi connectivity index (χ1v) is 6.26. The number of unbranched alkanes of at least 4 members (excludes halogenated alkanes) is 3. The predicted molar refractivity (Wildman–Crippen MR) is 63.4 cm³/mol. The van der Waals surface area contributed by atoms with Gasteiger partial charge in [-0.3, -0.25) is 0 Å². The molecule has 0 spiro atoms. The van der Waals surface area contributed by atoms with Crippen LogP contribution in [0.5, 0.6) is 0 Å². The van der Waals surface area contributed by atoms with Gasteiger partial charge in [-0.25, -0.2) is 0 Å². The molecule has 0 bridgehead atoms. The smallest absolute Gasteiger partial charge is 0.180 e. The monoisotopic (exact) mass is 234 g/mol.